The first-order valence-electron chi connectivity index (χ1n) is 7.24. The largest absolute Gasteiger partial charge is 0.315 e. The van der Waals surface area contributed by atoms with Gasteiger partial charge in [0, 0.05) is 27.9 Å². The van der Waals surface area contributed by atoms with Crippen LogP contribution in [0.2, 0.25) is 0 Å². The lowest BCUT2D eigenvalue weighted by molar-refractivity contribution is -0.131. The highest BCUT2D eigenvalue weighted by Gasteiger charge is 2.30. The first-order valence-corrected chi connectivity index (χ1v) is 8.03. The number of hydrogen-bond acceptors (Lipinski definition) is 3. The molecule has 0 radical (unpaired) electrons. The highest BCUT2D eigenvalue weighted by Crippen LogP contribution is 2.35. The maximum absolute atomic E-state index is 12.4. The molecule has 22 heavy (non-hydrogen) atoms. The molecule has 0 aliphatic heterocycles. The molecule has 1 aromatic carbocycles. The zero-order valence-corrected chi connectivity index (χ0v) is 13.3. The lowest BCUT2D eigenvalue weighted by Crippen LogP contribution is -2.27. The van der Waals surface area contributed by atoms with Gasteiger partial charge in [-0.1, -0.05) is 15.9 Å². The van der Waals surface area contributed by atoms with Crippen molar-refractivity contribution in [2.45, 2.75) is 25.3 Å². The van der Waals surface area contributed by atoms with Crippen LogP contribution in [0.15, 0.2) is 41.0 Å². The van der Waals surface area contributed by atoms with E-state index in [0.717, 1.165) is 26.4 Å². The number of rotatable bonds is 1. The van der Waals surface area contributed by atoms with Crippen molar-refractivity contribution in [3.8, 4) is 0 Å². The second-order valence-electron chi connectivity index (χ2n) is 5.64. The second kappa shape index (κ2) is 5.02. The van der Waals surface area contributed by atoms with E-state index in [1.807, 2.05) is 34.9 Å². The van der Waals surface area contributed by atoms with Gasteiger partial charge in [0.05, 0.1) is 18.0 Å². The number of Topliss-reactive ketones (excluding diaryl/α,β-unsaturated/α-hetero) is 2. The third kappa shape index (κ3) is 2.00. The molecule has 4 rings (SSSR count). The van der Waals surface area contributed by atoms with Gasteiger partial charge in [0.2, 0.25) is 0 Å². The zero-order chi connectivity index (χ0) is 15.3. The Kier molecular flexibility index (Phi) is 3.11. The van der Waals surface area contributed by atoms with Crippen molar-refractivity contribution in [3.05, 3.63) is 41.0 Å². The molecule has 1 aliphatic rings. The number of ketones is 2. The van der Waals surface area contributed by atoms with Crippen LogP contribution in [-0.4, -0.2) is 21.1 Å². The molecule has 0 saturated heterocycles. The maximum atomic E-state index is 12.4. The molecular formula is C17H13BrN2O2. The molecule has 1 saturated carbocycles. The Bertz CT molecular complexity index is 929. The number of hydrogen-bond donors (Lipinski definition) is 0. The summed E-state index contributed by atoms with van der Waals surface area (Å²) in [6.07, 6.45) is 2.80. The summed E-state index contributed by atoms with van der Waals surface area (Å²) in [7, 11) is 0. The van der Waals surface area contributed by atoms with Gasteiger partial charge in [-0.2, -0.15) is 0 Å². The Morgan fingerprint density at radius 1 is 1.18 bits per heavy atom. The highest BCUT2D eigenvalue weighted by molar-refractivity contribution is 9.10. The molecule has 1 unspecified atom stereocenters. The minimum absolute atomic E-state index is 0.0105. The first-order chi connectivity index (χ1) is 10.6. The van der Waals surface area contributed by atoms with E-state index in [9.17, 15) is 9.59 Å². The summed E-state index contributed by atoms with van der Waals surface area (Å²) < 4.78 is 3.00. The van der Waals surface area contributed by atoms with Gasteiger partial charge in [-0.05, 0) is 36.8 Å². The van der Waals surface area contributed by atoms with Crippen LogP contribution < -0.4 is 0 Å². The average molecular weight is 357 g/mol. The SMILES string of the molecule is O=C1CCC(n2c3ccc(Br)cc3c3cccnc32)C(=O)C1. The van der Waals surface area contributed by atoms with Gasteiger partial charge in [0.15, 0.2) is 5.78 Å². The predicted octanol–water partition coefficient (Wildman–Crippen LogP) is 3.82. The fourth-order valence-corrected chi connectivity index (χ4v) is 3.66. The van der Waals surface area contributed by atoms with E-state index in [0.29, 0.717) is 12.8 Å². The number of carbonyl (C=O) groups is 2. The Labute approximate surface area is 135 Å². The summed E-state index contributed by atoms with van der Waals surface area (Å²) in [6.45, 7) is 0. The molecule has 4 nitrogen and oxygen atoms in total. The zero-order valence-electron chi connectivity index (χ0n) is 11.8. The smallest absolute Gasteiger partial charge is 0.163 e. The van der Waals surface area contributed by atoms with Gasteiger partial charge >= 0.3 is 0 Å². The highest BCUT2D eigenvalue weighted by atomic mass is 79.9. The summed E-state index contributed by atoms with van der Waals surface area (Å²) in [4.78, 5) is 28.4. The first kappa shape index (κ1) is 13.6. The fraction of sp³-hybridized carbons (Fsp3) is 0.235. The van der Waals surface area contributed by atoms with E-state index in [1.165, 1.54) is 0 Å². The summed E-state index contributed by atoms with van der Waals surface area (Å²) in [5.74, 6) is 0.0290. The summed E-state index contributed by atoms with van der Waals surface area (Å²) in [6, 6.07) is 9.65. The number of carbonyl (C=O) groups excluding carboxylic acids is 2. The topological polar surface area (TPSA) is 52.0 Å². The average Bonchev–Trinajstić information content (AvgIpc) is 2.82. The van der Waals surface area contributed by atoms with Crippen LogP contribution in [0.25, 0.3) is 21.9 Å². The van der Waals surface area contributed by atoms with Crippen molar-refractivity contribution in [2.24, 2.45) is 0 Å². The quantitative estimate of drug-likeness (QED) is 0.623. The molecule has 3 aromatic rings. The lowest BCUT2D eigenvalue weighted by Gasteiger charge is -2.22. The number of pyridine rings is 1. The predicted molar refractivity (Wildman–Crippen MR) is 87.8 cm³/mol. The fourth-order valence-electron chi connectivity index (χ4n) is 3.30. The van der Waals surface area contributed by atoms with E-state index < -0.39 is 0 Å². The minimum Gasteiger partial charge on any atom is -0.315 e. The molecule has 1 aliphatic carbocycles. The third-order valence-corrected chi connectivity index (χ3v) is 4.77. The van der Waals surface area contributed by atoms with Gasteiger partial charge < -0.3 is 4.57 Å². The number of fused-ring (bicyclic) bond motifs is 3. The van der Waals surface area contributed by atoms with Crippen molar-refractivity contribution in [2.75, 3.05) is 0 Å². The van der Waals surface area contributed by atoms with Gasteiger partial charge in [-0.3, -0.25) is 9.59 Å². The molecule has 110 valence electrons. The van der Waals surface area contributed by atoms with Gasteiger partial charge in [-0.25, -0.2) is 4.98 Å². The van der Waals surface area contributed by atoms with Crippen LogP contribution in [-0.2, 0) is 9.59 Å². The summed E-state index contributed by atoms with van der Waals surface area (Å²) in [5, 5.41) is 2.10. The van der Waals surface area contributed by atoms with E-state index in [-0.39, 0.29) is 24.0 Å². The summed E-state index contributed by atoms with van der Waals surface area (Å²) in [5.41, 5.74) is 1.80. The van der Waals surface area contributed by atoms with Gasteiger partial charge in [0.25, 0.3) is 0 Å². The Morgan fingerprint density at radius 2 is 2.05 bits per heavy atom. The maximum Gasteiger partial charge on any atom is 0.163 e. The van der Waals surface area contributed by atoms with E-state index in [2.05, 4.69) is 20.9 Å². The molecule has 1 atom stereocenters. The molecular weight excluding hydrogens is 344 g/mol. The van der Waals surface area contributed by atoms with Crippen molar-refractivity contribution in [1.29, 1.82) is 0 Å². The van der Waals surface area contributed by atoms with Gasteiger partial charge in [0.1, 0.15) is 11.4 Å². The van der Waals surface area contributed by atoms with Crippen molar-refractivity contribution in [3.63, 3.8) is 0 Å². The van der Waals surface area contributed by atoms with Crippen LogP contribution in [0, 0.1) is 0 Å². The van der Waals surface area contributed by atoms with Gasteiger partial charge in [-0.15, -0.1) is 0 Å². The van der Waals surface area contributed by atoms with Crippen LogP contribution in [0.1, 0.15) is 25.3 Å². The molecule has 5 heteroatoms. The van der Waals surface area contributed by atoms with E-state index >= 15 is 0 Å². The molecule has 2 heterocycles. The number of aromatic nitrogens is 2. The van der Waals surface area contributed by atoms with Crippen LogP contribution in [0.5, 0.6) is 0 Å². The number of halogens is 1. The molecule has 0 amide bonds. The lowest BCUT2D eigenvalue weighted by atomic mass is 9.93. The van der Waals surface area contributed by atoms with Crippen molar-refractivity contribution in [1.82, 2.24) is 9.55 Å². The second-order valence-corrected chi connectivity index (χ2v) is 6.56. The minimum atomic E-state index is -0.297. The normalized spacial score (nSPS) is 19.2. The molecule has 0 bridgehead atoms. The van der Waals surface area contributed by atoms with Crippen LogP contribution >= 0.6 is 15.9 Å². The Balaban J connectivity index is 2.03. The monoisotopic (exact) mass is 356 g/mol. The van der Waals surface area contributed by atoms with E-state index in [4.69, 9.17) is 0 Å². The molecule has 0 spiro atoms. The standard InChI is InChI=1S/C17H13BrN2O2/c18-10-3-5-14-13(8-10)12-2-1-7-19-17(12)20(14)15-6-4-11(21)9-16(15)22/h1-3,5,7-8,15H,4,6,9H2. The van der Waals surface area contributed by atoms with Crippen LogP contribution in [0.4, 0.5) is 0 Å². The Morgan fingerprint density at radius 3 is 2.86 bits per heavy atom. The third-order valence-electron chi connectivity index (χ3n) is 4.27. The molecule has 2 aromatic heterocycles. The number of nitrogens with zero attached hydrogens (tertiary/aromatic N) is 2. The molecule has 1 fully saturated rings. The van der Waals surface area contributed by atoms with Crippen LogP contribution in [0.3, 0.4) is 0 Å². The number of benzene rings is 1. The Hall–Kier alpha value is -2.01. The molecule has 0 N–H and O–H groups in total. The van der Waals surface area contributed by atoms with Crippen molar-refractivity contribution >= 4 is 49.4 Å². The summed E-state index contributed by atoms with van der Waals surface area (Å²) >= 11 is 3.50. The van der Waals surface area contributed by atoms with E-state index in [1.54, 1.807) is 6.20 Å². The van der Waals surface area contributed by atoms with Crippen molar-refractivity contribution < 1.29 is 9.59 Å².